The van der Waals surface area contributed by atoms with E-state index in [4.69, 9.17) is 0 Å². The summed E-state index contributed by atoms with van der Waals surface area (Å²) in [7, 11) is 1.81. The fourth-order valence-electron chi connectivity index (χ4n) is 3.88. The molecule has 31 heavy (non-hydrogen) atoms. The SMILES string of the molecule is Cn1cc(NC(=O)Cn2c3ccccc3c(=O)c3ccccc32)c(-c2ccncc2)n1. The first-order chi connectivity index (χ1) is 15.1. The van der Waals surface area contributed by atoms with Gasteiger partial charge in [-0.05, 0) is 36.4 Å². The number of hydrogen-bond donors (Lipinski definition) is 1. The van der Waals surface area contributed by atoms with E-state index < -0.39 is 0 Å². The Morgan fingerprint density at radius 3 is 2.19 bits per heavy atom. The van der Waals surface area contributed by atoms with Crippen molar-refractivity contribution >= 4 is 33.4 Å². The number of aromatic nitrogens is 4. The molecule has 5 rings (SSSR count). The van der Waals surface area contributed by atoms with E-state index in [2.05, 4.69) is 15.4 Å². The molecule has 7 heteroatoms. The van der Waals surface area contributed by atoms with Crippen LogP contribution in [-0.4, -0.2) is 25.2 Å². The third-order valence-electron chi connectivity index (χ3n) is 5.24. The molecule has 3 aromatic heterocycles. The van der Waals surface area contributed by atoms with Crippen LogP contribution in [0.1, 0.15) is 0 Å². The molecule has 0 bridgehead atoms. The minimum absolute atomic E-state index is 0.0323. The first kappa shape index (κ1) is 18.7. The Balaban J connectivity index is 1.55. The second-order valence-corrected chi connectivity index (χ2v) is 7.30. The molecule has 0 saturated carbocycles. The lowest BCUT2D eigenvalue weighted by atomic mass is 10.1. The van der Waals surface area contributed by atoms with Crippen LogP contribution in [-0.2, 0) is 18.4 Å². The molecule has 0 unspecified atom stereocenters. The number of amides is 1. The topological polar surface area (TPSA) is 81.8 Å². The standard InChI is InChI=1S/C24H19N5O2/c1-28-14-19(23(27-28)16-10-12-25-13-11-16)26-22(30)15-29-20-8-4-2-6-17(20)24(31)18-7-3-5-9-21(18)29/h2-14H,15H2,1H3,(H,26,30). The van der Waals surface area contributed by atoms with Crippen LogP contribution in [0.15, 0.2) is 84.0 Å². The number of hydrogen-bond acceptors (Lipinski definition) is 4. The molecule has 0 atom stereocenters. The Morgan fingerprint density at radius 2 is 1.55 bits per heavy atom. The number of anilines is 1. The summed E-state index contributed by atoms with van der Waals surface area (Å²) in [4.78, 5) is 30.0. The summed E-state index contributed by atoms with van der Waals surface area (Å²) in [5.41, 5.74) is 3.57. The Hall–Kier alpha value is -4.26. The summed E-state index contributed by atoms with van der Waals surface area (Å²) < 4.78 is 3.54. The summed E-state index contributed by atoms with van der Waals surface area (Å²) in [6.07, 6.45) is 5.15. The monoisotopic (exact) mass is 409 g/mol. The summed E-state index contributed by atoms with van der Waals surface area (Å²) in [6, 6.07) is 18.4. The average Bonchev–Trinajstić information content (AvgIpc) is 3.17. The van der Waals surface area contributed by atoms with E-state index >= 15 is 0 Å². The molecule has 0 saturated heterocycles. The number of rotatable bonds is 4. The van der Waals surface area contributed by atoms with Crippen LogP contribution in [0.25, 0.3) is 33.1 Å². The zero-order valence-electron chi connectivity index (χ0n) is 16.8. The van der Waals surface area contributed by atoms with E-state index in [9.17, 15) is 9.59 Å². The number of benzene rings is 2. The molecule has 7 nitrogen and oxygen atoms in total. The lowest BCUT2D eigenvalue weighted by molar-refractivity contribution is -0.116. The second-order valence-electron chi connectivity index (χ2n) is 7.30. The van der Waals surface area contributed by atoms with Crippen LogP contribution in [0.5, 0.6) is 0 Å². The van der Waals surface area contributed by atoms with Gasteiger partial charge in [0.15, 0.2) is 5.43 Å². The molecule has 2 aromatic carbocycles. The highest BCUT2D eigenvalue weighted by molar-refractivity contribution is 5.98. The van der Waals surface area contributed by atoms with Crippen molar-refractivity contribution in [2.45, 2.75) is 6.54 Å². The summed E-state index contributed by atoms with van der Waals surface area (Å²) >= 11 is 0. The van der Waals surface area contributed by atoms with Gasteiger partial charge in [-0.15, -0.1) is 0 Å². The van der Waals surface area contributed by atoms with Gasteiger partial charge in [-0.3, -0.25) is 19.3 Å². The van der Waals surface area contributed by atoms with Crippen molar-refractivity contribution in [1.29, 1.82) is 0 Å². The molecular formula is C24H19N5O2. The second kappa shape index (κ2) is 7.53. The highest BCUT2D eigenvalue weighted by Crippen LogP contribution is 2.26. The van der Waals surface area contributed by atoms with Gasteiger partial charge in [-0.2, -0.15) is 5.10 Å². The van der Waals surface area contributed by atoms with E-state index in [-0.39, 0.29) is 17.9 Å². The minimum Gasteiger partial charge on any atom is -0.331 e. The summed E-state index contributed by atoms with van der Waals surface area (Å²) in [5, 5.41) is 8.64. The quantitative estimate of drug-likeness (QED) is 0.460. The Kier molecular flexibility index (Phi) is 4.55. The maximum absolute atomic E-state index is 13.1. The fraction of sp³-hybridized carbons (Fsp3) is 0.0833. The lowest BCUT2D eigenvalue weighted by Gasteiger charge is -2.15. The molecule has 5 aromatic rings. The largest absolute Gasteiger partial charge is 0.331 e. The third kappa shape index (κ3) is 3.36. The Labute approximate surface area is 177 Å². The van der Waals surface area contributed by atoms with Crippen molar-refractivity contribution in [1.82, 2.24) is 19.3 Å². The van der Waals surface area contributed by atoms with Crippen LogP contribution >= 0.6 is 0 Å². The van der Waals surface area contributed by atoms with Crippen molar-refractivity contribution in [3.63, 3.8) is 0 Å². The van der Waals surface area contributed by atoms with Gasteiger partial charge in [-0.1, -0.05) is 24.3 Å². The number of carbonyl (C=O) groups is 1. The van der Waals surface area contributed by atoms with Crippen LogP contribution in [0.4, 0.5) is 5.69 Å². The van der Waals surface area contributed by atoms with E-state index in [1.165, 1.54) is 0 Å². The van der Waals surface area contributed by atoms with Gasteiger partial charge in [0.1, 0.15) is 12.2 Å². The highest BCUT2D eigenvalue weighted by atomic mass is 16.2. The average molecular weight is 409 g/mol. The molecule has 3 heterocycles. The van der Waals surface area contributed by atoms with E-state index in [0.717, 1.165) is 16.6 Å². The normalized spacial score (nSPS) is 11.1. The highest BCUT2D eigenvalue weighted by Gasteiger charge is 2.16. The number of aryl methyl sites for hydroxylation is 1. The molecule has 1 amide bonds. The zero-order valence-corrected chi connectivity index (χ0v) is 16.8. The number of para-hydroxylation sites is 2. The maximum Gasteiger partial charge on any atom is 0.244 e. The lowest BCUT2D eigenvalue weighted by Crippen LogP contribution is -2.21. The van der Waals surface area contributed by atoms with Crippen molar-refractivity contribution in [3.05, 3.63) is 89.5 Å². The Morgan fingerprint density at radius 1 is 0.935 bits per heavy atom. The molecule has 0 aliphatic rings. The van der Waals surface area contributed by atoms with Crippen LogP contribution in [0.3, 0.4) is 0 Å². The molecule has 0 spiro atoms. The summed E-state index contributed by atoms with van der Waals surface area (Å²) in [6.45, 7) is 0.0615. The van der Waals surface area contributed by atoms with Crippen molar-refractivity contribution in [3.8, 4) is 11.3 Å². The number of nitrogens with one attached hydrogen (secondary N) is 1. The first-order valence-electron chi connectivity index (χ1n) is 9.86. The molecule has 0 radical (unpaired) electrons. The minimum atomic E-state index is -0.206. The summed E-state index contributed by atoms with van der Waals surface area (Å²) in [5.74, 6) is -0.206. The van der Waals surface area contributed by atoms with Crippen molar-refractivity contribution < 1.29 is 4.79 Å². The van der Waals surface area contributed by atoms with Crippen LogP contribution in [0.2, 0.25) is 0 Å². The van der Waals surface area contributed by atoms with Gasteiger partial charge in [0.05, 0.1) is 16.7 Å². The van der Waals surface area contributed by atoms with Gasteiger partial charge >= 0.3 is 0 Å². The van der Waals surface area contributed by atoms with Gasteiger partial charge < -0.3 is 9.88 Å². The van der Waals surface area contributed by atoms with Crippen LogP contribution in [0, 0.1) is 0 Å². The van der Waals surface area contributed by atoms with Gasteiger partial charge in [0.25, 0.3) is 0 Å². The molecule has 0 aliphatic heterocycles. The number of pyridine rings is 2. The third-order valence-corrected chi connectivity index (χ3v) is 5.24. The molecule has 0 aliphatic carbocycles. The predicted molar refractivity (Wildman–Crippen MR) is 121 cm³/mol. The van der Waals surface area contributed by atoms with Crippen LogP contribution < -0.4 is 10.7 Å². The predicted octanol–water partition coefficient (Wildman–Crippen LogP) is 3.59. The number of carbonyl (C=O) groups excluding carboxylic acids is 1. The molecule has 152 valence electrons. The maximum atomic E-state index is 13.1. The van der Waals surface area contributed by atoms with Gasteiger partial charge in [0, 0.05) is 42.0 Å². The molecule has 0 fully saturated rings. The van der Waals surface area contributed by atoms with E-state index in [1.807, 2.05) is 60.1 Å². The van der Waals surface area contributed by atoms with Gasteiger partial charge in [-0.25, -0.2) is 0 Å². The fourth-order valence-corrected chi connectivity index (χ4v) is 3.88. The zero-order chi connectivity index (χ0) is 21.4. The Bertz CT molecular complexity index is 1420. The van der Waals surface area contributed by atoms with E-state index in [0.29, 0.717) is 22.2 Å². The smallest absolute Gasteiger partial charge is 0.244 e. The van der Waals surface area contributed by atoms with E-state index in [1.54, 1.807) is 35.4 Å². The van der Waals surface area contributed by atoms with Gasteiger partial charge in [0.2, 0.25) is 5.91 Å². The van der Waals surface area contributed by atoms with Crippen molar-refractivity contribution in [2.24, 2.45) is 7.05 Å². The first-order valence-corrected chi connectivity index (χ1v) is 9.86. The molecule has 1 N–H and O–H groups in total. The molecular weight excluding hydrogens is 390 g/mol. The number of nitrogens with zero attached hydrogens (tertiary/aromatic N) is 4. The van der Waals surface area contributed by atoms with Crippen molar-refractivity contribution in [2.75, 3.05) is 5.32 Å². The number of fused-ring (bicyclic) bond motifs is 2.